The number of hydrogen-bond acceptors (Lipinski definition) is 3. The fourth-order valence-corrected chi connectivity index (χ4v) is 2.83. The molecule has 0 aliphatic carbocycles. The van der Waals surface area contributed by atoms with E-state index >= 15 is 0 Å². The summed E-state index contributed by atoms with van der Waals surface area (Å²) in [6.07, 6.45) is 1.57. The normalized spacial score (nSPS) is 21.7. The lowest BCUT2D eigenvalue weighted by Gasteiger charge is -2.26. The molecule has 1 aromatic carbocycles. The maximum absolute atomic E-state index is 12.2. The standard InChI is InChI=1S/C16H15NO4/c18-14-9-13(16(19)20)15(11-5-2-1-3-6-11)17(14)10-12-7-4-8-21-12/h1-8,13,15H,9-10H2,(H,19,20)/t13-,15-/m0/s1. The summed E-state index contributed by atoms with van der Waals surface area (Å²) in [5.74, 6) is -1.18. The largest absolute Gasteiger partial charge is 0.481 e. The highest BCUT2D eigenvalue weighted by atomic mass is 16.4. The van der Waals surface area contributed by atoms with E-state index < -0.39 is 17.9 Å². The first kappa shape index (κ1) is 13.4. The summed E-state index contributed by atoms with van der Waals surface area (Å²) in [6.45, 7) is 0.287. The minimum absolute atomic E-state index is 0.0234. The van der Waals surface area contributed by atoms with Gasteiger partial charge >= 0.3 is 5.97 Å². The number of carbonyl (C=O) groups is 2. The summed E-state index contributed by atoms with van der Waals surface area (Å²) in [5, 5.41) is 9.40. The summed E-state index contributed by atoms with van der Waals surface area (Å²) >= 11 is 0. The van der Waals surface area contributed by atoms with Gasteiger partial charge < -0.3 is 14.4 Å². The number of benzene rings is 1. The van der Waals surface area contributed by atoms with Gasteiger partial charge in [-0.15, -0.1) is 0 Å². The number of rotatable bonds is 4. The molecule has 3 rings (SSSR count). The molecule has 5 nitrogen and oxygen atoms in total. The molecule has 1 aromatic heterocycles. The van der Waals surface area contributed by atoms with Gasteiger partial charge in [0, 0.05) is 6.42 Å². The third kappa shape index (κ3) is 2.54. The number of amides is 1. The summed E-state index contributed by atoms with van der Waals surface area (Å²) < 4.78 is 5.28. The second-order valence-corrected chi connectivity index (χ2v) is 5.11. The second kappa shape index (κ2) is 5.44. The Morgan fingerprint density at radius 2 is 2.00 bits per heavy atom. The zero-order chi connectivity index (χ0) is 14.8. The highest BCUT2D eigenvalue weighted by molar-refractivity contribution is 5.87. The lowest BCUT2D eigenvalue weighted by molar-refractivity contribution is -0.142. The van der Waals surface area contributed by atoms with Crippen LogP contribution < -0.4 is 0 Å². The van der Waals surface area contributed by atoms with Gasteiger partial charge in [0.05, 0.1) is 24.8 Å². The SMILES string of the molecule is O=C(O)[C@H]1CC(=O)N(Cc2ccco2)[C@H]1c1ccccc1. The van der Waals surface area contributed by atoms with E-state index in [4.69, 9.17) is 4.42 Å². The topological polar surface area (TPSA) is 70.8 Å². The second-order valence-electron chi connectivity index (χ2n) is 5.11. The molecular weight excluding hydrogens is 270 g/mol. The molecule has 2 aromatic rings. The molecule has 21 heavy (non-hydrogen) atoms. The number of carboxylic acid groups (broad SMARTS) is 1. The van der Waals surface area contributed by atoms with Crippen molar-refractivity contribution in [1.82, 2.24) is 4.90 Å². The van der Waals surface area contributed by atoms with E-state index in [1.807, 2.05) is 30.3 Å². The fraction of sp³-hybridized carbons (Fsp3) is 0.250. The molecule has 0 saturated carbocycles. The van der Waals surface area contributed by atoms with Crippen LogP contribution in [0.5, 0.6) is 0 Å². The molecule has 1 amide bonds. The predicted molar refractivity (Wildman–Crippen MR) is 74.2 cm³/mol. The zero-order valence-electron chi connectivity index (χ0n) is 11.3. The maximum atomic E-state index is 12.2. The average molecular weight is 285 g/mol. The van der Waals surface area contributed by atoms with Crippen LogP contribution in [0.1, 0.15) is 23.8 Å². The van der Waals surface area contributed by atoms with Crippen molar-refractivity contribution in [1.29, 1.82) is 0 Å². The van der Waals surface area contributed by atoms with Gasteiger partial charge in [-0.3, -0.25) is 9.59 Å². The molecule has 0 unspecified atom stereocenters. The van der Waals surface area contributed by atoms with E-state index in [1.54, 1.807) is 23.3 Å². The van der Waals surface area contributed by atoms with Crippen LogP contribution in [-0.4, -0.2) is 21.9 Å². The molecule has 108 valence electrons. The Morgan fingerprint density at radius 1 is 1.24 bits per heavy atom. The van der Waals surface area contributed by atoms with Gasteiger partial charge in [0.2, 0.25) is 5.91 Å². The predicted octanol–water partition coefficient (Wildman–Crippen LogP) is 2.45. The van der Waals surface area contributed by atoms with Crippen LogP contribution >= 0.6 is 0 Å². The maximum Gasteiger partial charge on any atom is 0.309 e. The molecule has 0 bridgehead atoms. The van der Waals surface area contributed by atoms with Gasteiger partial charge in [-0.25, -0.2) is 0 Å². The molecule has 1 N–H and O–H groups in total. The molecule has 2 atom stereocenters. The van der Waals surface area contributed by atoms with Crippen molar-refractivity contribution < 1.29 is 19.1 Å². The number of aliphatic carboxylic acids is 1. The number of furan rings is 1. The Balaban J connectivity index is 1.95. The smallest absolute Gasteiger partial charge is 0.309 e. The Hall–Kier alpha value is -2.56. The van der Waals surface area contributed by atoms with Gasteiger partial charge in [0.15, 0.2) is 0 Å². The van der Waals surface area contributed by atoms with E-state index in [0.29, 0.717) is 5.76 Å². The number of carboxylic acids is 1. The van der Waals surface area contributed by atoms with Crippen molar-refractivity contribution in [3.63, 3.8) is 0 Å². The molecular formula is C16H15NO4. The molecule has 5 heteroatoms. The summed E-state index contributed by atoms with van der Waals surface area (Å²) in [4.78, 5) is 25.3. The van der Waals surface area contributed by atoms with E-state index in [9.17, 15) is 14.7 Å². The summed E-state index contributed by atoms with van der Waals surface area (Å²) in [5.41, 5.74) is 0.835. The van der Waals surface area contributed by atoms with E-state index in [2.05, 4.69) is 0 Å². The van der Waals surface area contributed by atoms with Gasteiger partial charge in [0.1, 0.15) is 5.76 Å². The van der Waals surface area contributed by atoms with Crippen LogP contribution in [-0.2, 0) is 16.1 Å². The first-order chi connectivity index (χ1) is 10.2. The number of carbonyl (C=O) groups excluding carboxylic acids is 1. The molecule has 0 radical (unpaired) electrons. The highest BCUT2D eigenvalue weighted by Gasteiger charge is 2.44. The monoisotopic (exact) mass is 285 g/mol. The van der Waals surface area contributed by atoms with Gasteiger partial charge in [-0.05, 0) is 17.7 Å². The lowest BCUT2D eigenvalue weighted by atomic mass is 9.94. The van der Waals surface area contributed by atoms with Crippen LogP contribution in [0.15, 0.2) is 53.1 Å². The lowest BCUT2D eigenvalue weighted by Crippen LogP contribution is -2.30. The number of nitrogens with zero attached hydrogens (tertiary/aromatic N) is 1. The summed E-state index contributed by atoms with van der Waals surface area (Å²) in [6, 6.07) is 12.4. The molecule has 1 aliphatic heterocycles. The van der Waals surface area contributed by atoms with Crippen molar-refractivity contribution in [2.45, 2.75) is 19.0 Å². The Kier molecular flexibility index (Phi) is 3.48. The van der Waals surface area contributed by atoms with Crippen molar-refractivity contribution in [2.75, 3.05) is 0 Å². The highest BCUT2D eigenvalue weighted by Crippen LogP contribution is 2.39. The van der Waals surface area contributed by atoms with Crippen LogP contribution in [0.4, 0.5) is 0 Å². The quantitative estimate of drug-likeness (QED) is 0.936. The van der Waals surface area contributed by atoms with Crippen molar-refractivity contribution in [3.05, 3.63) is 60.1 Å². The van der Waals surface area contributed by atoms with Crippen LogP contribution in [0, 0.1) is 5.92 Å². The first-order valence-corrected chi connectivity index (χ1v) is 6.76. The van der Waals surface area contributed by atoms with Crippen molar-refractivity contribution in [3.8, 4) is 0 Å². The molecule has 1 saturated heterocycles. The van der Waals surface area contributed by atoms with E-state index in [0.717, 1.165) is 5.56 Å². The zero-order valence-corrected chi connectivity index (χ0v) is 11.3. The van der Waals surface area contributed by atoms with E-state index in [-0.39, 0.29) is 18.9 Å². The summed E-state index contributed by atoms with van der Waals surface area (Å²) in [7, 11) is 0. The fourth-order valence-electron chi connectivity index (χ4n) is 2.83. The third-order valence-corrected chi connectivity index (χ3v) is 3.80. The van der Waals surface area contributed by atoms with Gasteiger partial charge in [-0.2, -0.15) is 0 Å². The Bertz CT molecular complexity index is 636. The van der Waals surface area contributed by atoms with E-state index in [1.165, 1.54) is 0 Å². The molecule has 0 spiro atoms. The van der Waals surface area contributed by atoms with Crippen LogP contribution in [0.25, 0.3) is 0 Å². The van der Waals surface area contributed by atoms with Crippen LogP contribution in [0.3, 0.4) is 0 Å². The van der Waals surface area contributed by atoms with Gasteiger partial charge in [-0.1, -0.05) is 30.3 Å². The number of likely N-dealkylation sites (tertiary alicyclic amines) is 1. The molecule has 1 fully saturated rings. The Morgan fingerprint density at radius 3 is 2.62 bits per heavy atom. The first-order valence-electron chi connectivity index (χ1n) is 6.76. The van der Waals surface area contributed by atoms with Crippen LogP contribution in [0.2, 0.25) is 0 Å². The minimum atomic E-state index is -0.945. The van der Waals surface area contributed by atoms with Gasteiger partial charge in [0.25, 0.3) is 0 Å². The van der Waals surface area contributed by atoms with Crippen molar-refractivity contribution >= 4 is 11.9 Å². The minimum Gasteiger partial charge on any atom is -0.481 e. The molecule has 2 heterocycles. The van der Waals surface area contributed by atoms with Crippen molar-refractivity contribution in [2.24, 2.45) is 5.92 Å². The Labute approximate surface area is 121 Å². The number of hydrogen-bond donors (Lipinski definition) is 1. The average Bonchev–Trinajstić information content (AvgIpc) is 3.09. The molecule has 1 aliphatic rings. The third-order valence-electron chi connectivity index (χ3n) is 3.80.